The molecule has 3 aromatic rings. The van der Waals surface area contributed by atoms with Crippen LogP contribution in [-0.4, -0.2) is 21.8 Å². The minimum atomic E-state index is -0.321. The summed E-state index contributed by atoms with van der Waals surface area (Å²) in [6, 6.07) is 7.35. The number of nitrogens with one attached hydrogen (secondary N) is 1. The van der Waals surface area contributed by atoms with Crippen LogP contribution in [0.4, 0.5) is 4.39 Å². The second kappa shape index (κ2) is 6.92. The highest BCUT2D eigenvalue weighted by Gasteiger charge is 2.09. The van der Waals surface area contributed by atoms with Crippen LogP contribution in [0.5, 0.6) is 0 Å². The average Bonchev–Trinajstić information content (AvgIpc) is 2.93. The zero-order chi connectivity index (χ0) is 17.1. The molecule has 0 bridgehead atoms. The number of hydrogen-bond donors (Lipinski definition) is 1. The zero-order valence-corrected chi connectivity index (χ0v) is 13.9. The Morgan fingerprint density at radius 1 is 1.33 bits per heavy atom. The summed E-state index contributed by atoms with van der Waals surface area (Å²) in [4.78, 5) is 29.0. The highest BCUT2D eigenvalue weighted by Crippen LogP contribution is 2.12. The third-order valence-electron chi connectivity index (χ3n) is 3.58. The maximum Gasteiger partial charge on any atom is 0.258 e. The molecule has 1 aromatic carbocycles. The van der Waals surface area contributed by atoms with Crippen LogP contribution in [0.1, 0.15) is 17.0 Å². The van der Waals surface area contributed by atoms with Gasteiger partial charge in [0.05, 0.1) is 6.42 Å². The molecule has 124 valence electrons. The molecule has 2 aromatic heterocycles. The molecule has 2 heterocycles. The highest BCUT2D eigenvalue weighted by atomic mass is 32.1. The van der Waals surface area contributed by atoms with E-state index in [4.69, 9.17) is 0 Å². The maximum absolute atomic E-state index is 12.8. The number of nitrogens with zero attached hydrogens (tertiary/aromatic N) is 2. The largest absolute Gasteiger partial charge is 0.355 e. The summed E-state index contributed by atoms with van der Waals surface area (Å²) in [5, 5.41) is 4.70. The Hall–Kier alpha value is -2.54. The molecular weight excluding hydrogens is 329 g/mol. The number of halogens is 1. The van der Waals surface area contributed by atoms with E-state index in [1.54, 1.807) is 23.5 Å². The molecule has 5 nitrogen and oxygen atoms in total. The topological polar surface area (TPSA) is 63.5 Å². The molecule has 1 N–H and O–H groups in total. The first-order valence-electron chi connectivity index (χ1n) is 7.51. The number of fused-ring (bicyclic) bond motifs is 1. The molecule has 7 heteroatoms. The molecular formula is C17H16FN3O2S. The molecule has 0 atom stereocenters. The predicted octanol–water partition coefficient (Wildman–Crippen LogP) is 2.10. The minimum absolute atomic E-state index is 0.105. The van der Waals surface area contributed by atoms with Crippen LogP contribution in [0.3, 0.4) is 0 Å². The van der Waals surface area contributed by atoms with Gasteiger partial charge in [0, 0.05) is 35.8 Å². The highest BCUT2D eigenvalue weighted by molar-refractivity contribution is 7.15. The third-order valence-corrected chi connectivity index (χ3v) is 4.46. The number of carbonyl (C=O) groups is 1. The van der Waals surface area contributed by atoms with E-state index in [1.807, 2.05) is 5.38 Å². The number of thiazole rings is 1. The van der Waals surface area contributed by atoms with Crippen molar-refractivity contribution in [2.75, 3.05) is 6.54 Å². The van der Waals surface area contributed by atoms with Gasteiger partial charge < -0.3 is 5.32 Å². The Kier molecular flexibility index (Phi) is 4.71. The summed E-state index contributed by atoms with van der Waals surface area (Å²) in [6.45, 7) is 2.21. The Labute approximate surface area is 141 Å². The number of carbonyl (C=O) groups excluding carboxylic acids is 1. The lowest BCUT2D eigenvalue weighted by Gasteiger charge is -2.05. The van der Waals surface area contributed by atoms with Gasteiger partial charge in [-0.1, -0.05) is 12.1 Å². The molecule has 1 amide bonds. The van der Waals surface area contributed by atoms with Gasteiger partial charge >= 0.3 is 0 Å². The number of hydrogen-bond acceptors (Lipinski definition) is 4. The first-order chi connectivity index (χ1) is 11.5. The lowest BCUT2D eigenvalue weighted by atomic mass is 10.1. The number of benzene rings is 1. The average molecular weight is 345 g/mol. The minimum Gasteiger partial charge on any atom is -0.355 e. The second-order valence-corrected chi connectivity index (χ2v) is 6.32. The summed E-state index contributed by atoms with van der Waals surface area (Å²) in [5.41, 5.74) is 2.17. The van der Waals surface area contributed by atoms with Crippen LogP contribution in [0.25, 0.3) is 4.96 Å². The molecule has 0 radical (unpaired) electrons. The van der Waals surface area contributed by atoms with Gasteiger partial charge in [-0.05, 0) is 24.6 Å². The maximum atomic E-state index is 12.8. The van der Waals surface area contributed by atoms with Crippen molar-refractivity contribution in [2.24, 2.45) is 0 Å². The van der Waals surface area contributed by atoms with E-state index in [-0.39, 0.29) is 23.7 Å². The van der Waals surface area contributed by atoms with E-state index in [1.165, 1.54) is 29.5 Å². The predicted molar refractivity (Wildman–Crippen MR) is 90.9 cm³/mol. The van der Waals surface area contributed by atoms with Crippen molar-refractivity contribution in [3.63, 3.8) is 0 Å². The van der Waals surface area contributed by atoms with Gasteiger partial charge in [-0.2, -0.15) is 0 Å². The van der Waals surface area contributed by atoms with E-state index in [2.05, 4.69) is 10.3 Å². The van der Waals surface area contributed by atoms with Crippen molar-refractivity contribution < 1.29 is 9.18 Å². The van der Waals surface area contributed by atoms with Crippen molar-refractivity contribution in [3.05, 3.63) is 68.8 Å². The molecule has 0 aliphatic heterocycles. The fourth-order valence-electron chi connectivity index (χ4n) is 2.44. The van der Waals surface area contributed by atoms with Crippen LogP contribution in [0.2, 0.25) is 0 Å². The van der Waals surface area contributed by atoms with E-state index < -0.39 is 0 Å². The lowest BCUT2D eigenvalue weighted by molar-refractivity contribution is -0.120. The number of aryl methyl sites for hydroxylation is 1. The van der Waals surface area contributed by atoms with Gasteiger partial charge in [-0.25, -0.2) is 9.37 Å². The van der Waals surface area contributed by atoms with Gasteiger partial charge in [0.15, 0.2) is 4.96 Å². The van der Waals surface area contributed by atoms with Gasteiger partial charge in [-0.15, -0.1) is 11.3 Å². The van der Waals surface area contributed by atoms with E-state index in [9.17, 15) is 14.0 Å². The summed E-state index contributed by atoms with van der Waals surface area (Å²) in [6.07, 6.45) is 0.741. The van der Waals surface area contributed by atoms with Crippen molar-refractivity contribution >= 4 is 22.2 Å². The molecule has 0 spiro atoms. The zero-order valence-electron chi connectivity index (χ0n) is 13.1. The molecule has 0 unspecified atom stereocenters. The first-order valence-corrected chi connectivity index (χ1v) is 8.39. The number of aromatic nitrogens is 2. The van der Waals surface area contributed by atoms with Crippen molar-refractivity contribution in [2.45, 2.75) is 19.8 Å². The molecule has 0 saturated heterocycles. The molecule has 0 saturated carbocycles. The van der Waals surface area contributed by atoms with Crippen LogP contribution >= 0.6 is 11.3 Å². The van der Waals surface area contributed by atoms with Gasteiger partial charge in [0.25, 0.3) is 5.56 Å². The normalized spacial score (nSPS) is 10.9. The molecule has 0 aliphatic rings. The fraction of sp³-hybridized carbons (Fsp3) is 0.235. The molecule has 0 aliphatic carbocycles. The Balaban J connectivity index is 1.59. The fourth-order valence-corrected chi connectivity index (χ4v) is 3.41. The Bertz CT molecular complexity index is 931. The SMILES string of the molecule is Cc1cc(=O)n2c(CCNC(=O)Cc3ccc(F)cc3)csc2n1. The van der Waals surface area contributed by atoms with Gasteiger partial charge in [-0.3, -0.25) is 14.0 Å². The third kappa shape index (κ3) is 3.68. The Morgan fingerprint density at radius 2 is 2.08 bits per heavy atom. The summed E-state index contributed by atoms with van der Waals surface area (Å²) in [7, 11) is 0. The number of amides is 1. The smallest absolute Gasteiger partial charge is 0.258 e. The Morgan fingerprint density at radius 3 is 2.83 bits per heavy atom. The second-order valence-electron chi connectivity index (χ2n) is 5.48. The summed E-state index contributed by atoms with van der Waals surface area (Å²) in [5.74, 6) is -0.458. The number of rotatable bonds is 5. The van der Waals surface area contributed by atoms with Crippen molar-refractivity contribution in [1.82, 2.24) is 14.7 Å². The van der Waals surface area contributed by atoms with Crippen molar-refractivity contribution in [1.29, 1.82) is 0 Å². The van der Waals surface area contributed by atoms with E-state index >= 15 is 0 Å². The van der Waals surface area contributed by atoms with Crippen LogP contribution in [0.15, 0.2) is 40.5 Å². The van der Waals surface area contributed by atoms with Crippen LogP contribution < -0.4 is 10.9 Å². The summed E-state index contributed by atoms with van der Waals surface area (Å²) < 4.78 is 14.4. The van der Waals surface area contributed by atoms with Crippen molar-refractivity contribution in [3.8, 4) is 0 Å². The van der Waals surface area contributed by atoms with Crippen LogP contribution in [-0.2, 0) is 17.6 Å². The van der Waals surface area contributed by atoms with E-state index in [0.717, 1.165) is 11.3 Å². The molecule has 3 rings (SSSR count). The van der Waals surface area contributed by atoms with Crippen LogP contribution in [0, 0.1) is 12.7 Å². The molecule has 24 heavy (non-hydrogen) atoms. The standard InChI is InChI=1S/C17H16FN3O2S/c1-11-8-16(23)21-14(10-24-17(21)20-11)6-7-19-15(22)9-12-2-4-13(18)5-3-12/h2-5,8,10H,6-7,9H2,1H3,(H,19,22). The first kappa shape index (κ1) is 16.3. The molecule has 0 fully saturated rings. The quantitative estimate of drug-likeness (QED) is 0.770. The lowest BCUT2D eigenvalue weighted by Crippen LogP contribution is -2.28. The monoisotopic (exact) mass is 345 g/mol. The van der Waals surface area contributed by atoms with E-state index in [0.29, 0.717) is 23.6 Å². The van der Waals surface area contributed by atoms with Gasteiger partial charge in [0.1, 0.15) is 5.82 Å². The van der Waals surface area contributed by atoms with Gasteiger partial charge in [0.2, 0.25) is 5.91 Å². The summed E-state index contributed by atoms with van der Waals surface area (Å²) >= 11 is 1.41.